The lowest BCUT2D eigenvalue weighted by Gasteiger charge is -2.37. The zero-order valence-electron chi connectivity index (χ0n) is 16.2. The maximum Gasteiger partial charge on any atom is 0.336 e. The molecule has 1 fully saturated rings. The molecule has 0 atom stereocenters. The Morgan fingerprint density at radius 3 is 1.96 bits per heavy atom. The van der Waals surface area contributed by atoms with Crippen LogP contribution in [0.5, 0.6) is 0 Å². The van der Waals surface area contributed by atoms with Crippen molar-refractivity contribution in [2.75, 3.05) is 32.7 Å². The molecule has 2 aromatic rings. The first-order valence-electron chi connectivity index (χ1n) is 9.38. The highest BCUT2D eigenvalue weighted by Gasteiger charge is 2.28. The summed E-state index contributed by atoms with van der Waals surface area (Å²) in [4.78, 5) is 28.5. The van der Waals surface area contributed by atoms with Crippen LogP contribution in [0.1, 0.15) is 34.6 Å². The summed E-state index contributed by atoms with van der Waals surface area (Å²) in [7, 11) is 0. The molecule has 6 heteroatoms. The Morgan fingerprint density at radius 2 is 1.43 bits per heavy atom. The molecule has 1 aliphatic heterocycles. The zero-order valence-corrected chi connectivity index (χ0v) is 16.2. The Balaban J connectivity index is 1.83. The number of benzene rings is 2. The van der Waals surface area contributed by atoms with E-state index in [1.165, 1.54) is 6.07 Å². The number of alkyl halides is 1. The van der Waals surface area contributed by atoms with Crippen molar-refractivity contribution in [3.8, 4) is 11.1 Å². The molecule has 1 amide bonds. The van der Waals surface area contributed by atoms with E-state index in [0.717, 1.165) is 0 Å². The Morgan fingerprint density at radius 1 is 0.929 bits per heavy atom. The van der Waals surface area contributed by atoms with Crippen molar-refractivity contribution >= 4 is 11.9 Å². The number of carbonyl (C=O) groups excluding carboxylic acids is 1. The second-order valence-corrected chi connectivity index (χ2v) is 7.68. The van der Waals surface area contributed by atoms with Crippen LogP contribution < -0.4 is 0 Å². The predicted octanol–water partition coefficient (Wildman–Crippen LogP) is 3.56. The second-order valence-electron chi connectivity index (χ2n) is 7.68. The van der Waals surface area contributed by atoms with Crippen LogP contribution in [0.15, 0.2) is 48.5 Å². The highest BCUT2D eigenvalue weighted by Crippen LogP contribution is 2.28. The first-order chi connectivity index (χ1) is 13.3. The van der Waals surface area contributed by atoms with Gasteiger partial charge in [-0.05, 0) is 37.1 Å². The first-order valence-corrected chi connectivity index (χ1v) is 9.38. The van der Waals surface area contributed by atoms with E-state index in [-0.39, 0.29) is 11.5 Å². The van der Waals surface area contributed by atoms with E-state index in [9.17, 15) is 19.1 Å². The largest absolute Gasteiger partial charge is 0.478 e. The van der Waals surface area contributed by atoms with Crippen molar-refractivity contribution < 1.29 is 19.1 Å². The quantitative estimate of drug-likeness (QED) is 0.856. The summed E-state index contributed by atoms with van der Waals surface area (Å²) in [6, 6.07) is 13.8. The number of carboxylic acid groups (broad SMARTS) is 1. The average molecular weight is 384 g/mol. The van der Waals surface area contributed by atoms with Gasteiger partial charge >= 0.3 is 5.97 Å². The van der Waals surface area contributed by atoms with E-state index in [4.69, 9.17) is 0 Å². The van der Waals surface area contributed by atoms with Gasteiger partial charge in [0.25, 0.3) is 5.91 Å². The highest BCUT2D eigenvalue weighted by molar-refractivity contribution is 6.04. The molecule has 5 nitrogen and oxygen atoms in total. The van der Waals surface area contributed by atoms with Gasteiger partial charge in [-0.3, -0.25) is 9.69 Å². The third kappa shape index (κ3) is 4.57. The minimum Gasteiger partial charge on any atom is -0.478 e. The van der Waals surface area contributed by atoms with Crippen LogP contribution in [0.2, 0.25) is 0 Å². The van der Waals surface area contributed by atoms with Gasteiger partial charge < -0.3 is 10.0 Å². The number of hydrogen-bond donors (Lipinski definition) is 1. The van der Waals surface area contributed by atoms with E-state index in [2.05, 4.69) is 0 Å². The Kier molecular flexibility index (Phi) is 5.79. The molecule has 3 rings (SSSR count). The summed E-state index contributed by atoms with van der Waals surface area (Å²) in [5, 5.41) is 9.50. The Labute approximate surface area is 164 Å². The molecule has 0 radical (unpaired) electrons. The van der Waals surface area contributed by atoms with Gasteiger partial charge in [0.1, 0.15) is 5.67 Å². The summed E-state index contributed by atoms with van der Waals surface area (Å²) in [6.07, 6.45) is 0. The van der Waals surface area contributed by atoms with Crippen molar-refractivity contribution in [3.05, 3.63) is 59.7 Å². The van der Waals surface area contributed by atoms with E-state index in [1.54, 1.807) is 61.2 Å². The van der Waals surface area contributed by atoms with Gasteiger partial charge in [0.2, 0.25) is 0 Å². The third-order valence-electron chi connectivity index (χ3n) is 4.86. The predicted molar refractivity (Wildman–Crippen MR) is 106 cm³/mol. The molecule has 1 saturated heterocycles. The van der Waals surface area contributed by atoms with Crippen LogP contribution >= 0.6 is 0 Å². The fraction of sp³-hybridized carbons (Fsp3) is 0.364. The lowest BCUT2D eigenvalue weighted by molar-refractivity contribution is 0.0534. The van der Waals surface area contributed by atoms with Gasteiger partial charge in [0.05, 0.1) is 5.56 Å². The number of piperazine rings is 1. The lowest BCUT2D eigenvalue weighted by atomic mass is 9.94. The molecule has 0 bridgehead atoms. The van der Waals surface area contributed by atoms with Crippen molar-refractivity contribution in [1.29, 1.82) is 0 Å². The number of nitrogens with zero attached hydrogens (tertiary/aromatic N) is 2. The number of hydrogen-bond acceptors (Lipinski definition) is 3. The lowest BCUT2D eigenvalue weighted by Crippen LogP contribution is -2.51. The number of amides is 1. The summed E-state index contributed by atoms with van der Waals surface area (Å²) in [5.41, 5.74) is 0.516. The number of carboxylic acids is 1. The molecule has 1 heterocycles. The van der Waals surface area contributed by atoms with E-state index < -0.39 is 11.6 Å². The van der Waals surface area contributed by atoms with E-state index in [1.807, 2.05) is 4.90 Å². The van der Waals surface area contributed by atoms with Crippen molar-refractivity contribution in [3.63, 3.8) is 0 Å². The van der Waals surface area contributed by atoms with Gasteiger partial charge in [-0.15, -0.1) is 0 Å². The van der Waals surface area contributed by atoms with Crippen LogP contribution in [-0.4, -0.2) is 65.2 Å². The summed E-state index contributed by atoms with van der Waals surface area (Å²) in [6.45, 7) is 5.73. The summed E-state index contributed by atoms with van der Waals surface area (Å²) >= 11 is 0. The SMILES string of the molecule is CC(C)(F)CN1CCN(C(=O)c2ccccc2-c2ccccc2C(=O)O)CC1. The smallest absolute Gasteiger partial charge is 0.336 e. The van der Waals surface area contributed by atoms with Crippen LogP contribution in [0.3, 0.4) is 0 Å². The van der Waals surface area contributed by atoms with E-state index >= 15 is 0 Å². The maximum absolute atomic E-state index is 13.9. The van der Waals surface area contributed by atoms with Gasteiger partial charge in [0, 0.05) is 38.3 Å². The van der Waals surface area contributed by atoms with Gasteiger partial charge in [-0.2, -0.15) is 0 Å². The molecule has 0 aliphatic carbocycles. The van der Waals surface area contributed by atoms with E-state index in [0.29, 0.717) is 49.4 Å². The molecule has 0 spiro atoms. The third-order valence-corrected chi connectivity index (χ3v) is 4.86. The maximum atomic E-state index is 13.9. The standard InChI is InChI=1S/C22H25FN2O3/c1-22(2,23)15-24-11-13-25(14-12-24)20(26)18-9-5-3-7-16(18)17-8-4-6-10-19(17)21(27)28/h3-10H,11-15H2,1-2H3,(H,27,28). The molecule has 28 heavy (non-hydrogen) atoms. The first kappa shape index (κ1) is 20.0. The normalized spacial score (nSPS) is 15.5. The number of carbonyl (C=O) groups is 2. The zero-order chi connectivity index (χ0) is 20.3. The minimum absolute atomic E-state index is 0.130. The summed E-state index contributed by atoms with van der Waals surface area (Å²) in [5.74, 6) is -1.16. The highest BCUT2D eigenvalue weighted by atomic mass is 19.1. The minimum atomic E-state index is -1.26. The van der Waals surface area contributed by atoms with Gasteiger partial charge in [-0.1, -0.05) is 36.4 Å². The average Bonchev–Trinajstić information content (AvgIpc) is 2.67. The van der Waals surface area contributed by atoms with Crippen LogP contribution in [-0.2, 0) is 0 Å². The van der Waals surface area contributed by atoms with Crippen LogP contribution in [0.4, 0.5) is 4.39 Å². The molecule has 0 unspecified atom stereocenters. The van der Waals surface area contributed by atoms with Crippen molar-refractivity contribution in [2.45, 2.75) is 19.5 Å². The molecule has 2 aromatic carbocycles. The molecular formula is C22H25FN2O3. The molecule has 1 aliphatic rings. The molecule has 0 saturated carbocycles. The van der Waals surface area contributed by atoms with Crippen LogP contribution in [0, 0.1) is 0 Å². The fourth-order valence-electron chi connectivity index (χ4n) is 3.62. The monoisotopic (exact) mass is 384 g/mol. The number of halogens is 1. The Bertz CT molecular complexity index is 868. The van der Waals surface area contributed by atoms with Gasteiger partial charge in [0.15, 0.2) is 0 Å². The summed E-state index contributed by atoms with van der Waals surface area (Å²) < 4.78 is 13.9. The van der Waals surface area contributed by atoms with Crippen molar-refractivity contribution in [2.24, 2.45) is 0 Å². The topological polar surface area (TPSA) is 60.9 Å². The van der Waals surface area contributed by atoms with Crippen molar-refractivity contribution in [1.82, 2.24) is 9.80 Å². The fourth-order valence-corrected chi connectivity index (χ4v) is 3.62. The molecular weight excluding hydrogens is 359 g/mol. The molecule has 1 N–H and O–H groups in total. The number of rotatable bonds is 5. The van der Waals surface area contributed by atoms with Gasteiger partial charge in [-0.25, -0.2) is 9.18 Å². The van der Waals surface area contributed by atoms with Crippen LogP contribution in [0.25, 0.3) is 11.1 Å². The molecule has 148 valence electrons. The second kappa shape index (κ2) is 8.10. The Hall–Kier alpha value is -2.73. The molecule has 0 aromatic heterocycles. The number of aromatic carboxylic acids is 1.